The summed E-state index contributed by atoms with van der Waals surface area (Å²) >= 11 is 0. The summed E-state index contributed by atoms with van der Waals surface area (Å²) in [6, 6.07) is 4.66. The van der Waals surface area contributed by atoms with Gasteiger partial charge in [0, 0.05) is 23.7 Å². The summed E-state index contributed by atoms with van der Waals surface area (Å²) < 4.78 is 13.7. The molecule has 1 aromatic carbocycles. The number of hydrogen-bond acceptors (Lipinski definition) is 2. The van der Waals surface area contributed by atoms with E-state index in [1.807, 2.05) is 0 Å². The Balaban J connectivity index is 2.66. The zero-order valence-electron chi connectivity index (χ0n) is 12.4. The van der Waals surface area contributed by atoms with E-state index in [1.165, 1.54) is 24.6 Å². The Hall–Kier alpha value is -1.42. The molecule has 0 fully saturated rings. The second kappa shape index (κ2) is 8.69. The van der Waals surface area contributed by atoms with E-state index in [0.29, 0.717) is 23.7 Å². The van der Waals surface area contributed by atoms with E-state index in [1.54, 1.807) is 0 Å². The van der Waals surface area contributed by atoms with Gasteiger partial charge < -0.3 is 11.1 Å². The molecule has 3 nitrogen and oxygen atoms in total. The number of carbonyl (C=O) groups excluding carboxylic acids is 1. The first-order chi connectivity index (χ1) is 9.58. The minimum atomic E-state index is -0.526. The third kappa shape index (κ3) is 5.29. The predicted octanol–water partition coefficient (Wildman–Crippen LogP) is 3.37. The number of carbonyl (C=O) groups is 1. The SMILES string of the molecule is CCCCC(CCC)NCc1cc(C(N)=O)ccc1F. The predicted molar refractivity (Wildman–Crippen MR) is 80.0 cm³/mol. The van der Waals surface area contributed by atoms with Crippen LogP contribution in [-0.4, -0.2) is 11.9 Å². The first-order valence-corrected chi connectivity index (χ1v) is 7.40. The molecule has 112 valence electrons. The highest BCUT2D eigenvalue weighted by atomic mass is 19.1. The van der Waals surface area contributed by atoms with Crippen molar-refractivity contribution in [3.63, 3.8) is 0 Å². The second-order valence-corrected chi connectivity index (χ2v) is 5.18. The smallest absolute Gasteiger partial charge is 0.248 e. The number of nitrogens with one attached hydrogen (secondary N) is 1. The van der Waals surface area contributed by atoms with Gasteiger partial charge in [-0.3, -0.25) is 4.79 Å². The summed E-state index contributed by atoms with van der Waals surface area (Å²) in [6.45, 7) is 4.75. The lowest BCUT2D eigenvalue weighted by Gasteiger charge is -2.18. The molecule has 0 spiro atoms. The van der Waals surface area contributed by atoms with Crippen LogP contribution in [0.4, 0.5) is 4.39 Å². The molecule has 0 radical (unpaired) electrons. The normalized spacial score (nSPS) is 12.3. The van der Waals surface area contributed by atoms with Gasteiger partial charge in [-0.05, 0) is 31.0 Å². The van der Waals surface area contributed by atoms with Gasteiger partial charge >= 0.3 is 0 Å². The van der Waals surface area contributed by atoms with Crippen molar-refractivity contribution in [2.24, 2.45) is 5.73 Å². The Morgan fingerprint density at radius 3 is 2.65 bits per heavy atom. The standard InChI is InChI=1S/C16H25FN2O/c1-3-5-7-14(6-4-2)19-11-13-10-12(16(18)20)8-9-15(13)17/h8-10,14,19H,3-7,11H2,1-2H3,(H2,18,20). The van der Waals surface area contributed by atoms with Gasteiger partial charge in [0.2, 0.25) is 5.91 Å². The van der Waals surface area contributed by atoms with Gasteiger partial charge in [0.05, 0.1) is 0 Å². The van der Waals surface area contributed by atoms with E-state index in [2.05, 4.69) is 19.2 Å². The third-order valence-electron chi connectivity index (χ3n) is 3.45. The van der Waals surface area contributed by atoms with E-state index in [9.17, 15) is 9.18 Å². The molecule has 1 rings (SSSR count). The zero-order chi connectivity index (χ0) is 15.0. The van der Waals surface area contributed by atoms with Crippen LogP contribution in [-0.2, 0) is 6.54 Å². The maximum absolute atomic E-state index is 13.7. The molecule has 0 bridgehead atoms. The monoisotopic (exact) mass is 280 g/mol. The van der Waals surface area contributed by atoms with E-state index < -0.39 is 5.91 Å². The highest BCUT2D eigenvalue weighted by molar-refractivity contribution is 5.92. The van der Waals surface area contributed by atoms with E-state index in [4.69, 9.17) is 5.73 Å². The molecule has 3 N–H and O–H groups in total. The van der Waals surface area contributed by atoms with Crippen LogP contribution in [0.25, 0.3) is 0 Å². The first kappa shape index (κ1) is 16.6. The van der Waals surface area contributed by atoms with Crippen molar-refractivity contribution in [1.29, 1.82) is 0 Å². The fourth-order valence-corrected chi connectivity index (χ4v) is 2.27. The van der Waals surface area contributed by atoms with Gasteiger partial charge in [-0.2, -0.15) is 0 Å². The summed E-state index contributed by atoms with van der Waals surface area (Å²) in [5.74, 6) is -0.824. The average molecular weight is 280 g/mol. The molecule has 0 heterocycles. The fraction of sp³-hybridized carbons (Fsp3) is 0.562. The molecule has 0 saturated carbocycles. The molecule has 1 unspecified atom stereocenters. The Morgan fingerprint density at radius 2 is 2.05 bits per heavy atom. The number of halogens is 1. The molecule has 0 aliphatic rings. The number of nitrogens with two attached hydrogens (primary N) is 1. The van der Waals surface area contributed by atoms with E-state index >= 15 is 0 Å². The molecule has 1 atom stereocenters. The lowest BCUT2D eigenvalue weighted by molar-refractivity contribution is 0.1000. The minimum absolute atomic E-state index is 0.298. The zero-order valence-corrected chi connectivity index (χ0v) is 12.4. The molecule has 20 heavy (non-hydrogen) atoms. The summed E-state index contributed by atoms with van der Waals surface area (Å²) in [5, 5.41) is 3.39. The minimum Gasteiger partial charge on any atom is -0.366 e. The third-order valence-corrected chi connectivity index (χ3v) is 3.45. The van der Waals surface area contributed by atoms with Gasteiger partial charge in [0.1, 0.15) is 5.82 Å². The lowest BCUT2D eigenvalue weighted by Crippen LogP contribution is -2.29. The second-order valence-electron chi connectivity index (χ2n) is 5.18. The number of rotatable bonds is 9. The number of primary amides is 1. The highest BCUT2D eigenvalue weighted by Crippen LogP contribution is 2.13. The van der Waals surface area contributed by atoms with Crippen LogP contribution in [0.1, 0.15) is 61.9 Å². The molecule has 0 aliphatic carbocycles. The van der Waals surface area contributed by atoms with Crippen LogP contribution in [0.2, 0.25) is 0 Å². The van der Waals surface area contributed by atoms with Crippen LogP contribution in [0.3, 0.4) is 0 Å². The van der Waals surface area contributed by atoms with Crippen molar-refractivity contribution in [2.45, 2.75) is 58.5 Å². The summed E-state index contributed by atoms with van der Waals surface area (Å²) in [7, 11) is 0. The summed E-state index contributed by atoms with van der Waals surface area (Å²) in [5.41, 5.74) is 6.07. The van der Waals surface area contributed by atoms with Crippen molar-refractivity contribution in [3.8, 4) is 0 Å². The van der Waals surface area contributed by atoms with Crippen molar-refractivity contribution in [1.82, 2.24) is 5.32 Å². The van der Waals surface area contributed by atoms with Crippen LogP contribution in [0.15, 0.2) is 18.2 Å². The quantitative estimate of drug-likeness (QED) is 0.728. The molecule has 4 heteroatoms. The van der Waals surface area contributed by atoms with Crippen LogP contribution < -0.4 is 11.1 Å². The van der Waals surface area contributed by atoms with Crippen LogP contribution >= 0.6 is 0 Å². The van der Waals surface area contributed by atoms with E-state index in [-0.39, 0.29) is 5.82 Å². The molecule has 1 aromatic rings. The Kier molecular flexibility index (Phi) is 7.23. The number of unbranched alkanes of at least 4 members (excludes halogenated alkanes) is 1. The van der Waals surface area contributed by atoms with Crippen molar-refractivity contribution in [3.05, 3.63) is 35.1 Å². The summed E-state index contributed by atoms with van der Waals surface area (Å²) in [4.78, 5) is 11.1. The Morgan fingerprint density at radius 1 is 1.30 bits per heavy atom. The Bertz CT molecular complexity index is 434. The molecular weight excluding hydrogens is 255 g/mol. The number of amides is 1. The fourth-order valence-electron chi connectivity index (χ4n) is 2.27. The Labute approximate surface area is 120 Å². The molecule has 0 aliphatic heterocycles. The number of hydrogen-bond donors (Lipinski definition) is 2. The van der Waals surface area contributed by atoms with Crippen molar-refractivity contribution >= 4 is 5.91 Å². The lowest BCUT2D eigenvalue weighted by atomic mass is 10.0. The van der Waals surface area contributed by atoms with Crippen LogP contribution in [0.5, 0.6) is 0 Å². The van der Waals surface area contributed by atoms with Crippen molar-refractivity contribution < 1.29 is 9.18 Å². The average Bonchev–Trinajstić information content (AvgIpc) is 2.43. The molecule has 0 saturated heterocycles. The van der Waals surface area contributed by atoms with Crippen molar-refractivity contribution in [2.75, 3.05) is 0 Å². The van der Waals surface area contributed by atoms with Gasteiger partial charge in [-0.25, -0.2) is 4.39 Å². The van der Waals surface area contributed by atoms with Gasteiger partial charge in [-0.15, -0.1) is 0 Å². The van der Waals surface area contributed by atoms with E-state index in [0.717, 1.165) is 25.7 Å². The van der Waals surface area contributed by atoms with Gasteiger partial charge in [-0.1, -0.05) is 33.1 Å². The molecule has 0 aromatic heterocycles. The maximum atomic E-state index is 13.7. The van der Waals surface area contributed by atoms with Crippen LogP contribution in [0, 0.1) is 5.82 Å². The molecule has 1 amide bonds. The number of benzene rings is 1. The molecular formula is C16H25FN2O. The maximum Gasteiger partial charge on any atom is 0.248 e. The topological polar surface area (TPSA) is 55.1 Å². The van der Waals surface area contributed by atoms with Gasteiger partial charge in [0.25, 0.3) is 0 Å². The summed E-state index contributed by atoms with van der Waals surface area (Å²) in [6.07, 6.45) is 5.61. The largest absolute Gasteiger partial charge is 0.366 e. The first-order valence-electron chi connectivity index (χ1n) is 7.40. The van der Waals surface area contributed by atoms with Gasteiger partial charge in [0.15, 0.2) is 0 Å². The highest BCUT2D eigenvalue weighted by Gasteiger charge is 2.10.